The van der Waals surface area contributed by atoms with Gasteiger partial charge < -0.3 is 5.01 Å². The summed E-state index contributed by atoms with van der Waals surface area (Å²) in [4.78, 5) is 0. The Kier molecular flexibility index (Phi) is 3.53. The third-order valence-corrected chi connectivity index (χ3v) is 2.19. The molecule has 0 bridgehead atoms. The first kappa shape index (κ1) is 11.1. The van der Waals surface area contributed by atoms with Crippen LogP contribution in [-0.2, 0) is 0 Å². The lowest BCUT2D eigenvalue weighted by Crippen LogP contribution is -2.33. The molecule has 0 aromatic heterocycles. The molecule has 1 aromatic carbocycles. The maximum atomic E-state index is 5.94. The Bertz CT molecular complexity index is 261. The lowest BCUT2D eigenvalue weighted by Gasteiger charge is -2.24. The maximum Gasteiger partial charge on any atom is 0.0517 e. The van der Waals surface area contributed by atoms with Gasteiger partial charge in [0.2, 0.25) is 0 Å². The Morgan fingerprint density at radius 2 is 1.71 bits per heavy atom. The molecule has 0 radical (unpaired) electrons. The fourth-order valence-electron chi connectivity index (χ4n) is 1.20. The fraction of sp³-hybridized carbons (Fsp3) is 0.500. The van der Waals surface area contributed by atoms with Crippen molar-refractivity contribution < 1.29 is 0 Å². The highest BCUT2D eigenvalue weighted by Crippen LogP contribution is 2.19. The quantitative estimate of drug-likeness (QED) is 0.589. The van der Waals surface area contributed by atoms with E-state index in [1.54, 1.807) is 0 Å². The highest BCUT2D eigenvalue weighted by molar-refractivity contribution is 5.43. The topological polar surface area (TPSA) is 29.3 Å². The van der Waals surface area contributed by atoms with Crippen LogP contribution in [0.5, 0.6) is 0 Å². The molecule has 0 aliphatic carbocycles. The van der Waals surface area contributed by atoms with Crippen molar-refractivity contribution in [2.24, 2.45) is 11.3 Å². The number of nitrogens with two attached hydrogens (primary N) is 1. The van der Waals surface area contributed by atoms with Gasteiger partial charge in [-0.05, 0) is 24.0 Å². The van der Waals surface area contributed by atoms with Gasteiger partial charge in [-0.15, -0.1) is 0 Å². The Balaban J connectivity index is 2.48. The van der Waals surface area contributed by atoms with Crippen LogP contribution >= 0.6 is 0 Å². The van der Waals surface area contributed by atoms with Crippen LogP contribution in [0.3, 0.4) is 0 Å². The Morgan fingerprint density at radius 1 is 1.14 bits per heavy atom. The van der Waals surface area contributed by atoms with Crippen LogP contribution in [0.2, 0.25) is 0 Å². The molecule has 14 heavy (non-hydrogen) atoms. The van der Waals surface area contributed by atoms with E-state index in [9.17, 15) is 0 Å². The molecule has 0 amide bonds. The van der Waals surface area contributed by atoms with Crippen LogP contribution in [0.25, 0.3) is 0 Å². The van der Waals surface area contributed by atoms with Crippen molar-refractivity contribution in [3.63, 3.8) is 0 Å². The molecule has 0 fully saturated rings. The lowest BCUT2D eigenvalue weighted by atomic mass is 9.92. The molecule has 2 nitrogen and oxygen atoms in total. The lowest BCUT2D eigenvalue weighted by molar-refractivity contribution is 0.379. The van der Waals surface area contributed by atoms with E-state index in [1.807, 2.05) is 35.3 Å². The van der Waals surface area contributed by atoms with Crippen LogP contribution in [-0.4, -0.2) is 6.54 Å². The van der Waals surface area contributed by atoms with Crippen molar-refractivity contribution in [3.05, 3.63) is 30.3 Å². The van der Waals surface area contributed by atoms with Crippen molar-refractivity contribution >= 4 is 5.69 Å². The average molecular weight is 192 g/mol. The molecule has 2 N–H and O–H groups in total. The second-order valence-corrected chi connectivity index (χ2v) is 4.84. The zero-order valence-corrected chi connectivity index (χ0v) is 9.33. The third kappa shape index (κ3) is 3.79. The largest absolute Gasteiger partial charge is 0.311 e. The number of anilines is 1. The molecule has 0 unspecified atom stereocenters. The smallest absolute Gasteiger partial charge is 0.0517 e. The summed E-state index contributed by atoms with van der Waals surface area (Å²) in [5.41, 5.74) is 1.42. The van der Waals surface area contributed by atoms with Gasteiger partial charge in [0.15, 0.2) is 0 Å². The SMILES string of the molecule is CC(C)(C)CCN(N)c1ccccc1. The van der Waals surface area contributed by atoms with E-state index in [1.165, 1.54) is 0 Å². The van der Waals surface area contributed by atoms with Crippen LogP contribution in [0, 0.1) is 5.41 Å². The van der Waals surface area contributed by atoms with Gasteiger partial charge in [0.1, 0.15) is 0 Å². The second-order valence-electron chi connectivity index (χ2n) is 4.84. The molecule has 0 heterocycles. The molecule has 2 heteroatoms. The van der Waals surface area contributed by atoms with Gasteiger partial charge in [-0.1, -0.05) is 39.0 Å². The van der Waals surface area contributed by atoms with Crippen molar-refractivity contribution in [1.29, 1.82) is 0 Å². The normalized spacial score (nSPS) is 11.4. The highest BCUT2D eigenvalue weighted by Gasteiger charge is 2.11. The molecule has 0 saturated heterocycles. The summed E-state index contributed by atoms with van der Waals surface area (Å²) in [6.07, 6.45) is 1.10. The predicted molar refractivity (Wildman–Crippen MR) is 62.0 cm³/mol. The minimum absolute atomic E-state index is 0.340. The zero-order valence-electron chi connectivity index (χ0n) is 9.33. The van der Waals surface area contributed by atoms with Gasteiger partial charge in [-0.3, -0.25) is 0 Å². The standard InChI is InChI=1S/C12H20N2/c1-12(2,3)9-10-14(13)11-7-5-4-6-8-11/h4-8H,9-10,13H2,1-3H3. The third-order valence-electron chi connectivity index (χ3n) is 2.19. The molecule has 0 atom stereocenters. The van der Waals surface area contributed by atoms with E-state index in [0.29, 0.717) is 5.41 Å². The minimum atomic E-state index is 0.340. The van der Waals surface area contributed by atoms with E-state index >= 15 is 0 Å². The summed E-state index contributed by atoms with van der Waals surface area (Å²) in [5, 5.41) is 1.81. The number of para-hydroxylation sites is 1. The number of hydrazine groups is 1. The predicted octanol–water partition coefficient (Wildman–Crippen LogP) is 2.80. The van der Waals surface area contributed by atoms with Gasteiger partial charge in [0, 0.05) is 6.54 Å². The Morgan fingerprint density at radius 3 is 2.21 bits per heavy atom. The molecule has 0 saturated carbocycles. The van der Waals surface area contributed by atoms with Gasteiger partial charge in [0.05, 0.1) is 5.69 Å². The first-order valence-corrected chi connectivity index (χ1v) is 5.06. The summed E-state index contributed by atoms with van der Waals surface area (Å²) < 4.78 is 0. The second kappa shape index (κ2) is 4.47. The van der Waals surface area contributed by atoms with Crippen LogP contribution in [0.1, 0.15) is 27.2 Å². The van der Waals surface area contributed by atoms with E-state index in [4.69, 9.17) is 5.84 Å². The molecule has 1 aromatic rings. The average Bonchev–Trinajstić information content (AvgIpc) is 2.14. The number of hydrogen-bond donors (Lipinski definition) is 1. The van der Waals surface area contributed by atoms with E-state index in [-0.39, 0.29) is 0 Å². The van der Waals surface area contributed by atoms with E-state index in [0.717, 1.165) is 18.7 Å². The van der Waals surface area contributed by atoms with Gasteiger partial charge >= 0.3 is 0 Å². The Hall–Kier alpha value is -1.02. The molecule has 0 spiro atoms. The minimum Gasteiger partial charge on any atom is -0.311 e. The fourth-order valence-corrected chi connectivity index (χ4v) is 1.20. The van der Waals surface area contributed by atoms with Crippen molar-refractivity contribution in [2.75, 3.05) is 11.6 Å². The summed E-state index contributed by atoms with van der Waals surface area (Å²) in [6.45, 7) is 7.58. The van der Waals surface area contributed by atoms with E-state index in [2.05, 4.69) is 20.8 Å². The van der Waals surface area contributed by atoms with Crippen LogP contribution < -0.4 is 10.9 Å². The first-order valence-electron chi connectivity index (χ1n) is 5.06. The zero-order chi connectivity index (χ0) is 10.6. The summed E-state index contributed by atoms with van der Waals surface area (Å²) in [5.74, 6) is 5.94. The first-order chi connectivity index (χ1) is 6.49. The Labute approximate surface area is 86.7 Å². The summed E-state index contributed by atoms with van der Waals surface area (Å²) in [7, 11) is 0. The van der Waals surface area contributed by atoms with Crippen molar-refractivity contribution in [1.82, 2.24) is 0 Å². The number of benzene rings is 1. The van der Waals surface area contributed by atoms with Crippen molar-refractivity contribution in [2.45, 2.75) is 27.2 Å². The van der Waals surface area contributed by atoms with Gasteiger partial charge in [-0.25, -0.2) is 5.84 Å². The molecule has 1 rings (SSSR count). The van der Waals surface area contributed by atoms with Gasteiger partial charge in [-0.2, -0.15) is 0 Å². The number of rotatable bonds is 3. The monoisotopic (exact) mass is 192 g/mol. The molecule has 0 aliphatic heterocycles. The highest BCUT2D eigenvalue weighted by atomic mass is 15.4. The number of nitrogens with zero attached hydrogens (tertiary/aromatic N) is 1. The van der Waals surface area contributed by atoms with Crippen molar-refractivity contribution in [3.8, 4) is 0 Å². The van der Waals surface area contributed by atoms with Crippen LogP contribution in [0.15, 0.2) is 30.3 Å². The molecular weight excluding hydrogens is 172 g/mol. The van der Waals surface area contributed by atoms with Crippen LogP contribution in [0.4, 0.5) is 5.69 Å². The maximum absolute atomic E-state index is 5.94. The molecule has 78 valence electrons. The van der Waals surface area contributed by atoms with E-state index < -0.39 is 0 Å². The number of hydrogen-bond acceptors (Lipinski definition) is 2. The van der Waals surface area contributed by atoms with Gasteiger partial charge in [0.25, 0.3) is 0 Å². The molecular formula is C12H20N2. The molecule has 0 aliphatic rings. The summed E-state index contributed by atoms with van der Waals surface area (Å²) >= 11 is 0. The summed E-state index contributed by atoms with van der Waals surface area (Å²) in [6, 6.07) is 10.1.